The van der Waals surface area contributed by atoms with Crippen LogP contribution in [0.1, 0.15) is 28.7 Å². The summed E-state index contributed by atoms with van der Waals surface area (Å²) in [6.45, 7) is 3.47. The molecule has 0 aliphatic rings. The van der Waals surface area contributed by atoms with Crippen LogP contribution in [0.3, 0.4) is 0 Å². The monoisotopic (exact) mass is 242 g/mol. The first-order chi connectivity index (χ1) is 7.43. The van der Waals surface area contributed by atoms with E-state index < -0.39 is 5.97 Å². The third-order valence-electron chi connectivity index (χ3n) is 2.39. The Morgan fingerprint density at radius 1 is 1.62 bits per heavy atom. The molecule has 88 valence electrons. The molecular weight excluding hydrogens is 228 g/mol. The number of carboxylic acids is 1. The van der Waals surface area contributed by atoms with E-state index in [0.29, 0.717) is 10.6 Å². The number of hydrogen-bond donors (Lipinski definition) is 1. The fourth-order valence-corrected chi connectivity index (χ4v) is 2.04. The Morgan fingerprint density at radius 3 is 2.69 bits per heavy atom. The zero-order chi connectivity index (χ0) is 12.3. The molecule has 1 atom stereocenters. The van der Waals surface area contributed by atoms with Crippen LogP contribution in [0.4, 0.5) is 0 Å². The second-order valence-corrected chi connectivity index (χ2v) is 4.48. The van der Waals surface area contributed by atoms with E-state index in [1.165, 1.54) is 16.2 Å². The minimum atomic E-state index is -0.909. The minimum absolute atomic E-state index is 0.0555. The van der Waals surface area contributed by atoms with E-state index >= 15 is 0 Å². The molecule has 16 heavy (non-hydrogen) atoms. The molecule has 1 N–H and O–H groups in total. The summed E-state index contributed by atoms with van der Waals surface area (Å²) in [5, 5.41) is 8.65. The Hall–Kier alpha value is -1.43. The zero-order valence-electron chi connectivity index (χ0n) is 9.43. The van der Waals surface area contributed by atoms with E-state index in [1.54, 1.807) is 26.4 Å². The number of aryl methyl sites for hydroxylation is 1. The molecule has 0 saturated heterocycles. The van der Waals surface area contributed by atoms with E-state index in [0.717, 1.165) is 0 Å². The Morgan fingerprint density at radius 2 is 2.25 bits per heavy atom. The summed E-state index contributed by atoms with van der Waals surface area (Å²) in [7, 11) is 1.61. The van der Waals surface area contributed by atoms with Gasteiger partial charge in [-0.2, -0.15) is 0 Å². The second-order valence-electron chi connectivity index (χ2n) is 3.63. The van der Waals surface area contributed by atoms with Crippen LogP contribution in [0.25, 0.3) is 0 Å². The molecule has 0 fully saturated rings. The van der Waals surface area contributed by atoms with Crippen molar-refractivity contribution in [3.8, 4) is 0 Å². The van der Waals surface area contributed by atoms with Gasteiger partial charge in [0.25, 0.3) is 5.91 Å². The van der Waals surface area contributed by atoms with Crippen molar-refractivity contribution in [3.63, 3.8) is 0 Å². The topological polar surface area (TPSA) is 70.5 Å². The number of hydrogen-bond acceptors (Lipinski definition) is 4. The van der Waals surface area contributed by atoms with Gasteiger partial charge in [0.1, 0.15) is 4.88 Å². The van der Waals surface area contributed by atoms with Crippen LogP contribution < -0.4 is 0 Å². The molecule has 1 rings (SSSR count). The highest BCUT2D eigenvalue weighted by Crippen LogP contribution is 2.16. The third-order valence-corrected chi connectivity index (χ3v) is 3.31. The first kappa shape index (κ1) is 12.6. The van der Waals surface area contributed by atoms with Crippen LogP contribution in [0.5, 0.6) is 0 Å². The molecule has 0 radical (unpaired) electrons. The summed E-state index contributed by atoms with van der Waals surface area (Å²) < 4.78 is 0. The Labute approximate surface area is 97.7 Å². The maximum absolute atomic E-state index is 12.0. The summed E-state index contributed by atoms with van der Waals surface area (Å²) >= 11 is 1.27. The second kappa shape index (κ2) is 5.07. The Bertz CT molecular complexity index is 403. The maximum atomic E-state index is 12.0. The van der Waals surface area contributed by atoms with Crippen LogP contribution in [0.15, 0.2) is 5.51 Å². The number of carbonyl (C=O) groups excluding carboxylic acids is 1. The van der Waals surface area contributed by atoms with Gasteiger partial charge in [-0.15, -0.1) is 11.3 Å². The molecule has 1 amide bonds. The van der Waals surface area contributed by atoms with Gasteiger partial charge in [0.05, 0.1) is 17.6 Å². The Balaban J connectivity index is 2.75. The number of carboxylic acid groups (broad SMARTS) is 1. The van der Waals surface area contributed by atoms with E-state index in [9.17, 15) is 9.59 Å². The highest BCUT2D eigenvalue weighted by Gasteiger charge is 2.22. The highest BCUT2D eigenvalue weighted by molar-refractivity contribution is 7.11. The van der Waals surface area contributed by atoms with Gasteiger partial charge in [-0.25, -0.2) is 4.98 Å². The quantitative estimate of drug-likeness (QED) is 0.866. The fourth-order valence-electron chi connectivity index (χ4n) is 1.26. The van der Waals surface area contributed by atoms with Gasteiger partial charge in [0, 0.05) is 13.1 Å². The predicted octanol–water partition coefficient (Wildman–Crippen LogP) is 1.39. The van der Waals surface area contributed by atoms with Crippen LogP contribution in [-0.4, -0.2) is 40.0 Å². The highest BCUT2D eigenvalue weighted by atomic mass is 32.1. The van der Waals surface area contributed by atoms with E-state index in [2.05, 4.69) is 4.98 Å². The molecule has 1 heterocycles. The van der Waals surface area contributed by atoms with Gasteiger partial charge in [-0.1, -0.05) is 0 Å². The standard InChI is InChI=1S/C10H14N2O3S/c1-6(4-8(13)14)12(3)10(15)9-7(2)11-5-16-9/h5-6H,4H2,1-3H3,(H,13,14). The summed E-state index contributed by atoms with van der Waals surface area (Å²) in [6, 6.07) is -0.327. The van der Waals surface area contributed by atoms with Crippen molar-refractivity contribution in [3.05, 3.63) is 16.1 Å². The average molecular weight is 242 g/mol. The van der Waals surface area contributed by atoms with Crippen molar-refractivity contribution >= 4 is 23.2 Å². The number of aliphatic carboxylic acids is 1. The van der Waals surface area contributed by atoms with Crippen LogP contribution in [0, 0.1) is 6.92 Å². The van der Waals surface area contributed by atoms with E-state index in [-0.39, 0.29) is 18.4 Å². The molecule has 0 saturated carbocycles. The predicted molar refractivity (Wildman–Crippen MR) is 60.7 cm³/mol. The molecule has 1 aromatic heterocycles. The molecule has 0 aliphatic carbocycles. The lowest BCUT2D eigenvalue weighted by Crippen LogP contribution is -2.36. The molecule has 0 aliphatic heterocycles. The zero-order valence-corrected chi connectivity index (χ0v) is 10.2. The molecular formula is C10H14N2O3S. The van der Waals surface area contributed by atoms with Gasteiger partial charge in [-0.05, 0) is 13.8 Å². The molecule has 0 bridgehead atoms. The number of amides is 1. The van der Waals surface area contributed by atoms with Crippen molar-refractivity contribution < 1.29 is 14.7 Å². The fraction of sp³-hybridized carbons (Fsp3) is 0.500. The summed E-state index contributed by atoms with van der Waals surface area (Å²) in [4.78, 5) is 28.5. The number of rotatable bonds is 4. The molecule has 6 heteroatoms. The molecule has 5 nitrogen and oxygen atoms in total. The molecule has 1 aromatic rings. The van der Waals surface area contributed by atoms with Crippen LogP contribution in [0.2, 0.25) is 0 Å². The van der Waals surface area contributed by atoms with Gasteiger partial charge in [0.15, 0.2) is 0 Å². The van der Waals surface area contributed by atoms with Crippen molar-refractivity contribution in [1.82, 2.24) is 9.88 Å². The van der Waals surface area contributed by atoms with Crippen molar-refractivity contribution in [2.24, 2.45) is 0 Å². The summed E-state index contributed by atoms with van der Waals surface area (Å²) in [5.74, 6) is -1.08. The molecule has 0 spiro atoms. The largest absolute Gasteiger partial charge is 0.481 e. The van der Waals surface area contributed by atoms with E-state index in [1.807, 2.05) is 0 Å². The Kier molecular flexibility index (Phi) is 4.00. The van der Waals surface area contributed by atoms with Crippen molar-refractivity contribution in [2.75, 3.05) is 7.05 Å². The normalized spacial score (nSPS) is 12.2. The average Bonchev–Trinajstić information content (AvgIpc) is 2.61. The van der Waals surface area contributed by atoms with Crippen LogP contribution in [-0.2, 0) is 4.79 Å². The number of nitrogens with zero attached hydrogens (tertiary/aromatic N) is 2. The summed E-state index contributed by atoms with van der Waals surface area (Å²) in [6.07, 6.45) is -0.0555. The van der Waals surface area contributed by atoms with Crippen molar-refractivity contribution in [2.45, 2.75) is 26.3 Å². The minimum Gasteiger partial charge on any atom is -0.481 e. The third kappa shape index (κ3) is 2.79. The lowest BCUT2D eigenvalue weighted by Gasteiger charge is -2.23. The smallest absolute Gasteiger partial charge is 0.305 e. The molecule has 1 unspecified atom stereocenters. The number of aromatic nitrogens is 1. The van der Waals surface area contributed by atoms with Gasteiger partial charge in [-0.3, -0.25) is 9.59 Å². The van der Waals surface area contributed by atoms with Gasteiger partial charge >= 0.3 is 5.97 Å². The van der Waals surface area contributed by atoms with Gasteiger partial charge < -0.3 is 10.0 Å². The number of thiazole rings is 1. The lowest BCUT2D eigenvalue weighted by atomic mass is 10.2. The maximum Gasteiger partial charge on any atom is 0.305 e. The van der Waals surface area contributed by atoms with E-state index in [4.69, 9.17) is 5.11 Å². The van der Waals surface area contributed by atoms with Crippen molar-refractivity contribution in [1.29, 1.82) is 0 Å². The first-order valence-electron chi connectivity index (χ1n) is 4.82. The van der Waals surface area contributed by atoms with Crippen LogP contribution >= 0.6 is 11.3 Å². The number of carbonyl (C=O) groups is 2. The molecule has 0 aromatic carbocycles. The first-order valence-corrected chi connectivity index (χ1v) is 5.70. The lowest BCUT2D eigenvalue weighted by molar-refractivity contribution is -0.137. The SMILES string of the molecule is Cc1ncsc1C(=O)N(C)C(C)CC(=O)O. The van der Waals surface area contributed by atoms with Gasteiger partial charge in [0.2, 0.25) is 0 Å². The summed E-state index contributed by atoms with van der Waals surface area (Å²) in [5.41, 5.74) is 2.29.